The average molecular weight is 295 g/mol. The molecular weight excluding hydrogens is 270 g/mol. The second kappa shape index (κ2) is 5.49. The van der Waals surface area contributed by atoms with Crippen LogP contribution in [-0.4, -0.2) is 19.7 Å². The van der Waals surface area contributed by atoms with E-state index in [0.717, 1.165) is 12.8 Å². The molecule has 0 saturated heterocycles. The fourth-order valence-corrected chi connectivity index (χ4v) is 5.05. The molecule has 0 spiro atoms. The third-order valence-electron chi connectivity index (χ3n) is 4.54. The first-order chi connectivity index (χ1) is 9.23. The van der Waals surface area contributed by atoms with Crippen LogP contribution in [0.2, 0.25) is 0 Å². The summed E-state index contributed by atoms with van der Waals surface area (Å²) in [5.74, 6) is 0.408. The first kappa shape index (κ1) is 15.5. The van der Waals surface area contributed by atoms with E-state index in [1.54, 1.807) is 24.3 Å². The standard InChI is InChI=1S/C16H25NO2S/c1-16(2,3)12-9-10-14(17)15(11-12)20(18,19)13-7-5-4-6-8-13/h4-8,12,14-15H,9-11,17H2,1-3H3. The van der Waals surface area contributed by atoms with Gasteiger partial charge in [-0.3, -0.25) is 0 Å². The van der Waals surface area contributed by atoms with Gasteiger partial charge >= 0.3 is 0 Å². The van der Waals surface area contributed by atoms with E-state index in [0.29, 0.717) is 17.2 Å². The fraction of sp³-hybridized carbons (Fsp3) is 0.625. The number of rotatable bonds is 2. The zero-order chi connectivity index (χ0) is 15.0. The van der Waals surface area contributed by atoms with Crippen molar-refractivity contribution in [3.8, 4) is 0 Å². The molecule has 4 heteroatoms. The molecule has 1 saturated carbocycles. The van der Waals surface area contributed by atoms with E-state index >= 15 is 0 Å². The largest absolute Gasteiger partial charge is 0.327 e. The number of hydrogen-bond acceptors (Lipinski definition) is 3. The van der Waals surface area contributed by atoms with E-state index in [-0.39, 0.29) is 11.5 Å². The summed E-state index contributed by atoms with van der Waals surface area (Å²) in [7, 11) is -3.33. The lowest BCUT2D eigenvalue weighted by atomic mass is 9.71. The smallest absolute Gasteiger partial charge is 0.182 e. The number of benzene rings is 1. The molecule has 112 valence electrons. The van der Waals surface area contributed by atoms with Crippen molar-refractivity contribution in [2.45, 2.75) is 56.2 Å². The van der Waals surface area contributed by atoms with Crippen molar-refractivity contribution in [1.29, 1.82) is 0 Å². The van der Waals surface area contributed by atoms with Gasteiger partial charge in [-0.05, 0) is 42.7 Å². The molecular formula is C16H25NO2S. The van der Waals surface area contributed by atoms with Gasteiger partial charge in [0.1, 0.15) is 0 Å². The van der Waals surface area contributed by atoms with Gasteiger partial charge in [0.15, 0.2) is 9.84 Å². The van der Waals surface area contributed by atoms with Gasteiger partial charge < -0.3 is 5.73 Å². The van der Waals surface area contributed by atoms with Gasteiger partial charge in [0.25, 0.3) is 0 Å². The molecule has 3 unspecified atom stereocenters. The van der Waals surface area contributed by atoms with Crippen molar-refractivity contribution in [3.05, 3.63) is 30.3 Å². The molecule has 0 aliphatic heterocycles. The Morgan fingerprint density at radius 3 is 2.25 bits per heavy atom. The minimum Gasteiger partial charge on any atom is -0.327 e. The summed E-state index contributed by atoms with van der Waals surface area (Å²) < 4.78 is 25.6. The Bertz CT molecular complexity index is 546. The molecule has 0 radical (unpaired) electrons. The lowest BCUT2D eigenvalue weighted by Gasteiger charge is -2.40. The predicted molar refractivity (Wildman–Crippen MR) is 82.2 cm³/mol. The third-order valence-corrected chi connectivity index (χ3v) is 6.81. The Labute approximate surface area is 122 Å². The van der Waals surface area contributed by atoms with Gasteiger partial charge in [-0.15, -0.1) is 0 Å². The molecule has 1 fully saturated rings. The van der Waals surface area contributed by atoms with Crippen LogP contribution in [0.4, 0.5) is 0 Å². The van der Waals surface area contributed by atoms with Crippen molar-refractivity contribution in [3.63, 3.8) is 0 Å². The van der Waals surface area contributed by atoms with E-state index < -0.39 is 15.1 Å². The molecule has 1 aromatic rings. The highest BCUT2D eigenvalue weighted by molar-refractivity contribution is 7.92. The summed E-state index contributed by atoms with van der Waals surface area (Å²) in [5, 5.41) is -0.456. The Balaban J connectivity index is 2.30. The molecule has 0 aromatic heterocycles. The van der Waals surface area contributed by atoms with Crippen molar-refractivity contribution < 1.29 is 8.42 Å². The number of sulfone groups is 1. The van der Waals surface area contributed by atoms with Gasteiger partial charge in [-0.2, -0.15) is 0 Å². The van der Waals surface area contributed by atoms with Gasteiger partial charge in [0.05, 0.1) is 10.1 Å². The second-order valence-electron chi connectivity index (χ2n) is 6.94. The lowest BCUT2D eigenvalue weighted by Crippen LogP contribution is -2.47. The molecule has 1 aliphatic rings. The maximum atomic E-state index is 12.8. The minimum absolute atomic E-state index is 0.130. The second-order valence-corrected chi connectivity index (χ2v) is 9.10. The fourth-order valence-electron chi connectivity index (χ4n) is 3.08. The molecule has 1 aliphatic carbocycles. The zero-order valence-corrected chi connectivity index (χ0v) is 13.4. The normalized spacial score (nSPS) is 28.3. The van der Waals surface area contributed by atoms with E-state index in [1.165, 1.54) is 0 Å². The highest BCUT2D eigenvalue weighted by Crippen LogP contribution is 2.40. The van der Waals surface area contributed by atoms with E-state index in [2.05, 4.69) is 20.8 Å². The number of hydrogen-bond donors (Lipinski definition) is 1. The lowest BCUT2D eigenvalue weighted by molar-refractivity contribution is 0.171. The van der Waals surface area contributed by atoms with Crippen LogP contribution in [0.5, 0.6) is 0 Å². The van der Waals surface area contributed by atoms with Gasteiger partial charge in [0.2, 0.25) is 0 Å². The van der Waals surface area contributed by atoms with Crippen LogP contribution in [0.25, 0.3) is 0 Å². The van der Waals surface area contributed by atoms with Crippen LogP contribution in [-0.2, 0) is 9.84 Å². The van der Waals surface area contributed by atoms with Crippen LogP contribution < -0.4 is 5.73 Å². The number of nitrogens with two attached hydrogens (primary N) is 1. The summed E-state index contributed by atoms with van der Waals surface area (Å²) in [6.45, 7) is 6.54. The molecule has 2 N–H and O–H groups in total. The third kappa shape index (κ3) is 3.07. The summed E-state index contributed by atoms with van der Waals surface area (Å²) in [5.41, 5.74) is 6.26. The van der Waals surface area contributed by atoms with Crippen molar-refractivity contribution >= 4 is 9.84 Å². The molecule has 3 nitrogen and oxygen atoms in total. The summed E-state index contributed by atoms with van der Waals surface area (Å²) >= 11 is 0. The Kier molecular flexibility index (Phi) is 4.26. The van der Waals surface area contributed by atoms with Crippen molar-refractivity contribution in [2.24, 2.45) is 17.1 Å². The Hall–Kier alpha value is -0.870. The summed E-state index contributed by atoms with van der Waals surface area (Å²) in [6.07, 6.45) is 2.48. The topological polar surface area (TPSA) is 60.2 Å². The highest BCUT2D eigenvalue weighted by Gasteiger charge is 2.41. The van der Waals surface area contributed by atoms with Crippen LogP contribution in [0.3, 0.4) is 0 Å². The highest BCUT2D eigenvalue weighted by atomic mass is 32.2. The SMILES string of the molecule is CC(C)(C)C1CCC(N)C(S(=O)(=O)c2ccccc2)C1. The first-order valence-electron chi connectivity index (χ1n) is 7.27. The molecule has 1 aromatic carbocycles. The van der Waals surface area contributed by atoms with E-state index in [1.807, 2.05) is 6.07 Å². The molecule has 2 rings (SSSR count). The molecule has 20 heavy (non-hydrogen) atoms. The zero-order valence-electron chi connectivity index (χ0n) is 12.5. The molecule has 0 heterocycles. The molecule has 0 amide bonds. The van der Waals surface area contributed by atoms with E-state index in [4.69, 9.17) is 5.73 Å². The Morgan fingerprint density at radius 2 is 1.70 bits per heavy atom. The average Bonchev–Trinajstić information content (AvgIpc) is 2.38. The molecule has 3 atom stereocenters. The van der Waals surface area contributed by atoms with Crippen LogP contribution >= 0.6 is 0 Å². The quantitative estimate of drug-likeness (QED) is 0.912. The summed E-state index contributed by atoms with van der Waals surface area (Å²) in [6, 6.07) is 8.45. The van der Waals surface area contributed by atoms with E-state index in [9.17, 15) is 8.42 Å². The minimum atomic E-state index is -3.33. The maximum absolute atomic E-state index is 12.8. The monoisotopic (exact) mass is 295 g/mol. The van der Waals surface area contributed by atoms with Crippen LogP contribution in [0.15, 0.2) is 35.2 Å². The maximum Gasteiger partial charge on any atom is 0.182 e. The van der Waals surface area contributed by atoms with Gasteiger partial charge in [-0.25, -0.2) is 8.42 Å². The summed E-state index contributed by atoms with van der Waals surface area (Å²) in [4.78, 5) is 0.398. The first-order valence-corrected chi connectivity index (χ1v) is 8.82. The van der Waals surface area contributed by atoms with Crippen molar-refractivity contribution in [1.82, 2.24) is 0 Å². The van der Waals surface area contributed by atoms with Crippen LogP contribution in [0, 0.1) is 11.3 Å². The van der Waals surface area contributed by atoms with Gasteiger partial charge in [-0.1, -0.05) is 39.0 Å². The van der Waals surface area contributed by atoms with Crippen molar-refractivity contribution in [2.75, 3.05) is 0 Å². The Morgan fingerprint density at radius 1 is 1.10 bits per heavy atom. The van der Waals surface area contributed by atoms with Crippen LogP contribution in [0.1, 0.15) is 40.0 Å². The molecule has 0 bridgehead atoms. The predicted octanol–water partition coefficient (Wildman–Crippen LogP) is 3.00. The van der Waals surface area contributed by atoms with Gasteiger partial charge in [0, 0.05) is 6.04 Å².